The van der Waals surface area contributed by atoms with Gasteiger partial charge in [0, 0.05) is 48.0 Å². The highest BCUT2D eigenvalue weighted by Crippen LogP contribution is 2.42. The molecule has 2 aromatic heterocycles. The normalized spacial score (nSPS) is 11.8. The van der Waals surface area contributed by atoms with E-state index in [1.54, 1.807) is 0 Å². The third-order valence-corrected chi connectivity index (χ3v) is 11.8. The number of anilines is 3. The number of fused-ring (bicyclic) bond motifs is 9. The van der Waals surface area contributed by atoms with Gasteiger partial charge in [0.05, 0.1) is 0 Å². The van der Waals surface area contributed by atoms with Crippen molar-refractivity contribution >= 4 is 92.1 Å². The molecule has 2 heterocycles. The van der Waals surface area contributed by atoms with Gasteiger partial charge >= 0.3 is 0 Å². The van der Waals surface area contributed by atoms with E-state index in [1.165, 1.54) is 64.0 Å². The van der Waals surface area contributed by atoms with Crippen LogP contribution in [-0.2, 0) is 0 Å². The summed E-state index contributed by atoms with van der Waals surface area (Å²) >= 11 is 1.87. The smallest absolute Gasteiger partial charge is 0.135 e. The zero-order valence-corrected chi connectivity index (χ0v) is 29.5. The predicted octanol–water partition coefficient (Wildman–Crippen LogP) is 15.1. The van der Waals surface area contributed by atoms with E-state index in [0.717, 1.165) is 39.0 Å². The minimum Gasteiger partial charge on any atom is -0.456 e. The molecule has 0 saturated heterocycles. The van der Waals surface area contributed by atoms with Crippen molar-refractivity contribution in [3.8, 4) is 22.3 Å². The number of benzene rings is 9. The SMILES string of the molecule is c1ccc2c(-c3ccc(N(c4ccc(-c5ccc6c(ccc7sc8ccccc8c76)c5)cc4)c4ccc5oc6ccccc6c5c4)cc3)cccc2c1. The molecule has 0 amide bonds. The van der Waals surface area contributed by atoms with Crippen LogP contribution in [0.5, 0.6) is 0 Å². The van der Waals surface area contributed by atoms with Gasteiger partial charge in [-0.2, -0.15) is 0 Å². The molecule has 0 N–H and O–H groups in total. The largest absolute Gasteiger partial charge is 0.456 e. The van der Waals surface area contributed by atoms with E-state index in [-0.39, 0.29) is 0 Å². The van der Waals surface area contributed by atoms with Gasteiger partial charge in [0.1, 0.15) is 11.2 Å². The highest BCUT2D eigenvalue weighted by molar-refractivity contribution is 7.26. The molecule has 0 bridgehead atoms. The Labute approximate surface area is 310 Å². The van der Waals surface area contributed by atoms with Gasteiger partial charge in [-0.05, 0) is 111 Å². The summed E-state index contributed by atoms with van der Waals surface area (Å²) in [5, 5.41) is 9.99. The zero-order chi connectivity index (χ0) is 34.9. The number of furan rings is 1. The number of thiophene rings is 1. The molecular weight excluding hydrogens is 663 g/mol. The highest BCUT2D eigenvalue weighted by Gasteiger charge is 2.17. The van der Waals surface area contributed by atoms with Crippen LogP contribution in [-0.4, -0.2) is 0 Å². The molecule has 9 aromatic carbocycles. The fraction of sp³-hybridized carbons (Fsp3) is 0. The Hall–Kier alpha value is -6.68. The maximum atomic E-state index is 6.22. The average Bonchev–Trinajstić information content (AvgIpc) is 3.80. The molecule has 53 heavy (non-hydrogen) atoms. The maximum Gasteiger partial charge on any atom is 0.135 e. The third kappa shape index (κ3) is 4.93. The van der Waals surface area contributed by atoms with E-state index in [2.05, 4.69) is 181 Å². The first-order chi connectivity index (χ1) is 26.2. The fourth-order valence-electron chi connectivity index (χ4n) is 8.10. The van der Waals surface area contributed by atoms with Crippen molar-refractivity contribution in [1.82, 2.24) is 0 Å². The van der Waals surface area contributed by atoms with Crippen LogP contribution in [0.1, 0.15) is 0 Å². The van der Waals surface area contributed by atoms with Crippen molar-refractivity contribution in [3.05, 3.63) is 188 Å². The topological polar surface area (TPSA) is 16.4 Å². The minimum atomic E-state index is 0.889. The summed E-state index contributed by atoms with van der Waals surface area (Å²) in [5.74, 6) is 0. The summed E-state index contributed by atoms with van der Waals surface area (Å²) in [5.41, 5.74) is 9.87. The van der Waals surface area contributed by atoms with Crippen LogP contribution in [0.4, 0.5) is 17.1 Å². The molecule has 3 heteroatoms. The van der Waals surface area contributed by atoms with Crippen LogP contribution in [0.3, 0.4) is 0 Å². The summed E-state index contributed by atoms with van der Waals surface area (Å²) in [4.78, 5) is 2.34. The Balaban J connectivity index is 1.01. The monoisotopic (exact) mass is 693 g/mol. The Morgan fingerprint density at radius 1 is 0.358 bits per heavy atom. The lowest BCUT2D eigenvalue weighted by atomic mass is 9.97. The second-order valence-electron chi connectivity index (χ2n) is 13.7. The summed E-state index contributed by atoms with van der Waals surface area (Å²) in [6, 6.07) is 68.0. The van der Waals surface area contributed by atoms with Crippen molar-refractivity contribution in [1.29, 1.82) is 0 Å². The van der Waals surface area contributed by atoms with E-state index in [1.807, 2.05) is 23.5 Å². The van der Waals surface area contributed by atoms with E-state index < -0.39 is 0 Å². The van der Waals surface area contributed by atoms with Crippen molar-refractivity contribution in [2.45, 2.75) is 0 Å². The quantitative estimate of drug-likeness (QED) is 0.178. The van der Waals surface area contributed by atoms with E-state index in [9.17, 15) is 0 Å². The average molecular weight is 694 g/mol. The first kappa shape index (κ1) is 30.0. The summed E-state index contributed by atoms with van der Waals surface area (Å²) in [6.07, 6.45) is 0. The van der Waals surface area contributed by atoms with Crippen LogP contribution in [0.15, 0.2) is 192 Å². The van der Waals surface area contributed by atoms with Crippen molar-refractivity contribution in [2.75, 3.05) is 4.90 Å². The van der Waals surface area contributed by atoms with E-state index >= 15 is 0 Å². The maximum absolute atomic E-state index is 6.22. The molecule has 0 fully saturated rings. The molecule has 0 spiro atoms. The van der Waals surface area contributed by atoms with Gasteiger partial charge in [-0.25, -0.2) is 0 Å². The van der Waals surface area contributed by atoms with E-state index in [0.29, 0.717) is 0 Å². The van der Waals surface area contributed by atoms with Crippen LogP contribution in [0.2, 0.25) is 0 Å². The lowest BCUT2D eigenvalue weighted by molar-refractivity contribution is 0.669. The van der Waals surface area contributed by atoms with Gasteiger partial charge in [-0.15, -0.1) is 11.3 Å². The van der Waals surface area contributed by atoms with Gasteiger partial charge in [0.15, 0.2) is 0 Å². The summed E-state index contributed by atoms with van der Waals surface area (Å²) in [7, 11) is 0. The molecule has 0 unspecified atom stereocenters. The van der Waals surface area contributed by atoms with Gasteiger partial charge in [-0.3, -0.25) is 0 Å². The molecule has 0 saturated carbocycles. The van der Waals surface area contributed by atoms with Gasteiger partial charge in [0.25, 0.3) is 0 Å². The molecule has 0 aliphatic rings. The molecule has 11 rings (SSSR count). The van der Waals surface area contributed by atoms with E-state index in [4.69, 9.17) is 4.42 Å². The number of nitrogens with zero attached hydrogens (tertiary/aromatic N) is 1. The first-order valence-electron chi connectivity index (χ1n) is 18.0. The molecule has 0 atom stereocenters. The number of hydrogen-bond donors (Lipinski definition) is 0. The first-order valence-corrected chi connectivity index (χ1v) is 18.8. The lowest BCUT2D eigenvalue weighted by Gasteiger charge is -2.26. The summed E-state index contributed by atoms with van der Waals surface area (Å²) in [6.45, 7) is 0. The Morgan fingerprint density at radius 3 is 1.87 bits per heavy atom. The van der Waals surface area contributed by atoms with Crippen molar-refractivity contribution < 1.29 is 4.42 Å². The Kier molecular flexibility index (Phi) is 6.76. The Bertz CT molecular complexity index is 3160. The number of rotatable bonds is 5. The highest BCUT2D eigenvalue weighted by atomic mass is 32.1. The predicted molar refractivity (Wildman–Crippen MR) is 227 cm³/mol. The standard InChI is InChI=1S/C50H31NOS/c1-2-10-40-33(8-1)9-7-13-41(40)34-18-24-38(25-19-34)51(39-26-28-47-45(31-39)43-11-3-5-14-46(43)52-47)37-22-16-32(17-23-37)35-20-27-42-36(30-35)21-29-49-50(42)44-12-4-6-15-48(44)53-49/h1-31H. The molecule has 11 aromatic rings. The van der Waals surface area contributed by atoms with Gasteiger partial charge < -0.3 is 9.32 Å². The molecular formula is C50H31NOS. The fourth-order valence-corrected chi connectivity index (χ4v) is 9.23. The minimum absolute atomic E-state index is 0.889. The molecule has 248 valence electrons. The molecule has 2 nitrogen and oxygen atoms in total. The zero-order valence-electron chi connectivity index (χ0n) is 28.7. The van der Waals surface area contributed by atoms with Crippen molar-refractivity contribution in [3.63, 3.8) is 0 Å². The van der Waals surface area contributed by atoms with Gasteiger partial charge in [0.2, 0.25) is 0 Å². The molecule has 0 aliphatic carbocycles. The van der Waals surface area contributed by atoms with Crippen molar-refractivity contribution in [2.24, 2.45) is 0 Å². The summed E-state index contributed by atoms with van der Waals surface area (Å²) < 4.78 is 8.89. The van der Waals surface area contributed by atoms with Crippen LogP contribution < -0.4 is 4.90 Å². The second kappa shape index (κ2) is 11.9. The Morgan fingerprint density at radius 2 is 1.02 bits per heavy atom. The van der Waals surface area contributed by atoms with Crippen LogP contribution in [0, 0.1) is 0 Å². The third-order valence-electron chi connectivity index (χ3n) is 10.7. The van der Waals surface area contributed by atoms with Crippen LogP contribution >= 0.6 is 11.3 Å². The van der Waals surface area contributed by atoms with Crippen LogP contribution in [0.25, 0.3) is 85.9 Å². The molecule has 0 radical (unpaired) electrons. The second-order valence-corrected chi connectivity index (χ2v) is 14.8. The lowest BCUT2D eigenvalue weighted by Crippen LogP contribution is -2.09. The number of hydrogen-bond acceptors (Lipinski definition) is 3. The number of para-hydroxylation sites is 1. The molecule has 0 aliphatic heterocycles. The van der Waals surface area contributed by atoms with Gasteiger partial charge in [-0.1, -0.05) is 121 Å².